The maximum atomic E-state index is 5.63. The molecule has 0 bridgehead atoms. The molecule has 0 unspecified atom stereocenters. The van der Waals surface area contributed by atoms with Gasteiger partial charge in [-0.25, -0.2) is 0 Å². The van der Waals surface area contributed by atoms with E-state index in [9.17, 15) is 0 Å². The molecule has 0 spiro atoms. The summed E-state index contributed by atoms with van der Waals surface area (Å²) >= 11 is 5.13. The molecular weight excluding hydrogens is 296 g/mol. The van der Waals surface area contributed by atoms with Crippen molar-refractivity contribution in [1.29, 1.82) is 0 Å². The van der Waals surface area contributed by atoms with Crippen LogP contribution in [0.15, 0.2) is 54.6 Å². The quantitative estimate of drug-likeness (QED) is 0.605. The van der Waals surface area contributed by atoms with Gasteiger partial charge in [0.15, 0.2) is 5.11 Å². The minimum absolute atomic E-state index is 0.497. The van der Waals surface area contributed by atoms with Crippen LogP contribution in [0.2, 0.25) is 0 Å². The van der Waals surface area contributed by atoms with Crippen molar-refractivity contribution in [3.8, 4) is 11.5 Å². The summed E-state index contributed by atoms with van der Waals surface area (Å²) in [4.78, 5) is 0. The Balaban J connectivity index is 1.71. The third-order valence-electron chi connectivity index (χ3n) is 2.81. The van der Waals surface area contributed by atoms with Crippen molar-refractivity contribution in [3.05, 3.63) is 54.6 Å². The van der Waals surface area contributed by atoms with Crippen molar-refractivity contribution < 1.29 is 9.47 Å². The molecule has 0 heterocycles. The van der Waals surface area contributed by atoms with Gasteiger partial charge in [0.05, 0.1) is 0 Å². The molecule has 2 rings (SSSR count). The van der Waals surface area contributed by atoms with Crippen LogP contribution in [-0.2, 0) is 0 Å². The van der Waals surface area contributed by atoms with Gasteiger partial charge in [-0.3, -0.25) is 0 Å². The standard InChI is InChI=1S/C17H20N2O2S/c1-2-18-17(22)19-14-8-10-16(11-9-14)21-13-12-20-15-6-4-3-5-7-15/h3-11H,2,12-13H2,1H3,(H2,18,19,22). The lowest BCUT2D eigenvalue weighted by Crippen LogP contribution is -2.27. The fraction of sp³-hybridized carbons (Fsp3) is 0.235. The molecule has 0 aromatic heterocycles. The number of nitrogens with one attached hydrogen (secondary N) is 2. The molecule has 0 aliphatic heterocycles. The summed E-state index contributed by atoms with van der Waals surface area (Å²) in [6, 6.07) is 17.4. The maximum absolute atomic E-state index is 5.63. The van der Waals surface area contributed by atoms with E-state index in [0.29, 0.717) is 18.3 Å². The molecule has 2 N–H and O–H groups in total. The molecular formula is C17H20N2O2S. The highest BCUT2D eigenvalue weighted by atomic mass is 32.1. The largest absolute Gasteiger partial charge is 0.490 e. The zero-order chi connectivity index (χ0) is 15.6. The van der Waals surface area contributed by atoms with Crippen molar-refractivity contribution in [2.45, 2.75) is 6.92 Å². The van der Waals surface area contributed by atoms with Crippen LogP contribution in [0.3, 0.4) is 0 Å². The fourth-order valence-electron chi connectivity index (χ4n) is 1.81. The monoisotopic (exact) mass is 316 g/mol. The molecule has 0 radical (unpaired) electrons. The van der Waals surface area contributed by atoms with Gasteiger partial charge in [-0.05, 0) is 55.5 Å². The molecule has 0 fully saturated rings. The Kier molecular flexibility index (Phi) is 6.51. The number of rotatable bonds is 7. The van der Waals surface area contributed by atoms with E-state index in [2.05, 4.69) is 10.6 Å². The number of anilines is 1. The van der Waals surface area contributed by atoms with Crippen molar-refractivity contribution in [1.82, 2.24) is 5.32 Å². The number of hydrogen-bond donors (Lipinski definition) is 2. The van der Waals surface area contributed by atoms with Crippen LogP contribution in [0.5, 0.6) is 11.5 Å². The van der Waals surface area contributed by atoms with E-state index in [1.807, 2.05) is 61.5 Å². The van der Waals surface area contributed by atoms with E-state index in [1.54, 1.807) is 0 Å². The van der Waals surface area contributed by atoms with E-state index < -0.39 is 0 Å². The molecule has 0 aliphatic rings. The highest BCUT2D eigenvalue weighted by Crippen LogP contribution is 2.15. The van der Waals surface area contributed by atoms with Gasteiger partial charge in [-0.1, -0.05) is 18.2 Å². The van der Waals surface area contributed by atoms with Gasteiger partial charge in [0.1, 0.15) is 24.7 Å². The lowest BCUT2D eigenvalue weighted by molar-refractivity contribution is 0.217. The molecule has 0 aliphatic carbocycles. The topological polar surface area (TPSA) is 42.5 Å². The molecule has 2 aromatic rings. The smallest absolute Gasteiger partial charge is 0.170 e. The molecule has 22 heavy (non-hydrogen) atoms. The summed E-state index contributed by atoms with van der Waals surface area (Å²) in [7, 11) is 0. The first-order valence-electron chi connectivity index (χ1n) is 7.23. The maximum Gasteiger partial charge on any atom is 0.170 e. The van der Waals surface area contributed by atoms with Gasteiger partial charge < -0.3 is 20.1 Å². The second-order valence-corrected chi connectivity index (χ2v) is 4.93. The molecule has 0 atom stereocenters. The van der Waals surface area contributed by atoms with Crippen LogP contribution in [-0.4, -0.2) is 24.9 Å². The third-order valence-corrected chi connectivity index (χ3v) is 3.06. The zero-order valence-electron chi connectivity index (χ0n) is 12.5. The Morgan fingerprint density at radius 1 is 0.909 bits per heavy atom. The Labute approximate surface area is 136 Å². The van der Waals surface area contributed by atoms with Crippen molar-refractivity contribution >= 4 is 23.0 Å². The third kappa shape index (κ3) is 5.61. The highest BCUT2D eigenvalue weighted by molar-refractivity contribution is 7.80. The molecule has 0 saturated carbocycles. The van der Waals surface area contributed by atoms with Crippen LogP contribution >= 0.6 is 12.2 Å². The molecule has 0 saturated heterocycles. The van der Waals surface area contributed by atoms with Gasteiger partial charge in [0.2, 0.25) is 0 Å². The minimum Gasteiger partial charge on any atom is -0.490 e. The van der Waals surface area contributed by atoms with E-state index >= 15 is 0 Å². The van der Waals surface area contributed by atoms with Crippen LogP contribution in [0, 0.1) is 0 Å². The van der Waals surface area contributed by atoms with Gasteiger partial charge in [-0.2, -0.15) is 0 Å². The Bertz CT molecular complexity index is 573. The number of para-hydroxylation sites is 1. The minimum atomic E-state index is 0.497. The summed E-state index contributed by atoms with van der Waals surface area (Å²) < 4.78 is 11.2. The Morgan fingerprint density at radius 3 is 2.09 bits per heavy atom. The SMILES string of the molecule is CCNC(=S)Nc1ccc(OCCOc2ccccc2)cc1. The normalized spacial score (nSPS) is 9.86. The van der Waals surface area contributed by atoms with Crippen LogP contribution in [0.4, 0.5) is 5.69 Å². The molecule has 116 valence electrons. The van der Waals surface area contributed by atoms with Crippen molar-refractivity contribution in [3.63, 3.8) is 0 Å². The molecule has 5 heteroatoms. The first kappa shape index (κ1) is 16.1. The van der Waals surface area contributed by atoms with E-state index in [-0.39, 0.29) is 0 Å². The average molecular weight is 316 g/mol. The van der Waals surface area contributed by atoms with Crippen molar-refractivity contribution in [2.24, 2.45) is 0 Å². The number of ether oxygens (including phenoxy) is 2. The summed E-state index contributed by atoms with van der Waals surface area (Å²) in [5.74, 6) is 1.65. The van der Waals surface area contributed by atoms with Crippen LogP contribution in [0.25, 0.3) is 0 Å². The molecule has 0 amide bonds. The predicted molar refractivity (Wildman–Crippen MR) is 93.8 cm³/mol. The van der Waals surface area contributed by atoms with Crippen molar-refractivity contribution in [2.75, 3.05) is 25.1 Å². The second-order valence-electron chi connectivity index (χ2n) is 4.52. The summed E-state index contributed by atoms with van der Waals surface area (Å²) in [6.07, 6.45) is 0. The Hall–Kier alpha value is -2.27. The second kappa shape index (κ2) is 8.89. The van der Waals surface area contributed by atoms with Crippen LogP contribution in [0.1, 0.15) is 6.92 Å². The number of benzene rings is 2. The fourth-order valence-corrected chi connectivity index (χ4v) is 2.07. The summed E-state index contributed by atoms with van der Waals surface area (Å²) in [5, 5.41) is 6.76. The summed E-state index contributed by atoms with van der Waals surface area (Å²) in [6.45, 7) is 3.81. The lowest BCUT2D eigenvalue weighted by atomic mass is 10.3. The number of hydrogen-bond acceptors (Lipinski definition) is 3. The van der Waals surface area contributed by atoms with Gasteiger partial charge in [-0.15, -0.1) is 0 Å². The summed E-state index contributed by atoms with van der Waals surface area (Å²) in [5.41, 5.74) is 0.929. The van der Waals surface area contributed by atoms with Gasteiger partial charge in [0, 0.05) is 12.2 Å². The van der Waals surface area contributed by atoms with Gasteiger partial charge >= 0.3 is 0 Å². The first-order valence-corrected chi connectivity index (χ1v) is 7.64. The predicted octanol–water partition coefficient (Wildman–Crippen LogP) is 3.45. The van der Waals surface area contributed by atoms with E-state index in [1.165, 1.54) is 0 Å². The zero-order valence-corrected chi connectivity index (χ0v) is 13.4. The van der Waals surface area contributed by atoms with Gasteiger partial charge in [0.25, 0.3) is 0 Å². The van der Waals surface area contributed by atoms with Crippen LogP contribution < -0.4 is 20.1 Å². The van der Waals surface area contributed by atoms with E-state index in [0.717, 1.165) is 23.7 Å². The van der Waals surface area contributed by atoms with E-state index in [4.69, 9.17) is 21.7 Å². The highest BCUT2D eigenvalue weighted by Gasteiger charge is 1.98. The number of thiocarbonyl (C=S) groups is 1. The molecule has 2 aromatic carbocycles. The Morgan fingerprint density at radius 2 is 1.50 bits per heavy atom. The molecule has 4 nitrogen and oxygen atoms in total. The lowest BCUT2D eigenvalue weighted by Gasteiger charge is -2.11. The first-order chi connectivity index (χ1) is 10.8. The average Bonchev–Trinajstić information content (AvgIpc) is 2.54.